The lowest BCUT2D eigenvalue weighted by molar-refractivity contribution is -0.192. The highest BCUT2D eigenvalue weighted by atomic mass is 19.4. The average molecular weight is 632 g/mol. The van der Waals surface area contributed by atoms with Gasteiger partial charge >= 0.3 is 24.4 Å². The van der Waals surface area contributed by atoms with Crippen molar-refractivity contribution in [2.24, 2.45) is 5.92 Å². The molecule has 2 aromatic carbocycles. The molecule has 2 aliphatic carbocycles. The SMILES string of the molecule is COc1ccc(C23CCC(NC(=O)Nc4cccc(C(F)(F)F)c4)CC2N(CC2CC2)CC3)cc1OC.O=C(O)C(F)(F)F. The van der Waals surface area contributed by atoms with Gasteiger partial charge in [-0.2, -0.15) is 26.3 Å². The van der Waals surface area contributed by atoms with Gasteiger partial charge in [0.25, 0.3) is 0 Å². The van der Waals surface area contributed by atoms with Crippen molar-refractivity contribution in [1.82, 2.24) is 10.2 Å². The highest BCUT2D eigenvalue weighted by molar-refractivity contribution is 5.89. The number of alkyl halides is 6. The highest BCUT2D eigenvalue weighted by Crippen LogP contribution is 2.51. The number of carboxylic acids is 1. The molecule has 3 unspecified atom stereocenters. The minimum absolute atomic E-state index is 0.0376. The van der Waals surface area contributed by atoms with Crippen LogP contribution < -0.4 is 20.1 Å². The van der Waals surface area contributed by atoms with E-state index in [0.29, 0.717) is 5.75 Å². The van der Waals surface area contributed by atoms with E-state index in [9.17, 15) is 31.1 Å². The van der Waals surface area contributed by atoms with Crippen LogP contribution in [0.5, 0.6) is 11.5 Å². The third-order valence-corrected chi connectivity index (χ3v) is 8.54. The fourth-order valence-electron chi connectivity index (χ4n) is 6.23. The van der Waals surface area contributed by atoms with Crippen LogP contribution in [0.15, 0.2) is 42.5 Å². The Hall–Kier alpha value is -3.68. The predicted octanol–water partition coefficient (Wildman–Crippen LogP) is 6.45. The molecule has 3 fully saturated rings. The van der Waals surface area contributed by atoms with E-state index < -0.39 is 29.9 Å². The predicted molar refractivity (Wildman–Crippen MR) is 149 cm³/mol. The summed E-state index contributed by atoms with van der Waals surface area (Å²) in [5.41, 5.74) is 0.535. The average Bonchev–Trinajstić information content (AvgIpc) is 3.71. The third-order valence-electron chi connectivity index (χ3n) is 8.54. The Kier molecular flexibility index (Phi) is 9.91. The molecule has 0 bridgehead atoms. The zero-order valence-corrected chi connectivity index (χ0v) is 24.2. The van der Waals surface area contributed by atoms with Crippen LogP contribution in [0.3, 0.4) is 0 Å². The molecule has 8 nitrogen and oxygen atoms in total. The summed E-state index contributed by atoms with van der Waals surface area (Å²) in [6.07, 6.45) is -3.47. The number of anilines is 1. The summed E-state index contributed by atoms with van der Waals surface area (Å²) in [5, 5.41) is 12.7. The summed E-state index contributed by atoms with van der Waals surface area (Å²) in [4.78, 5) is 24.2. The monoisotopic (exact) mass is 631 g/mol. The first-order valence-electron chi connectivity index (χ1n) is 14.2. The van der Waals surface area contributed by atoms with E-state index >= 15 is 0 Å². The van der Waals surface area contributed by atoms with E-state index in [4.69, 9.17) is 19.4 Å². The topological polar surface area (TPSA) is 100 Å². The second kappa shape index (κ2) is 13.1. The smallest absolute Gasteiger partial charge is 0.490 e. The second-order valence-corrected chi connectivity index (χ2v) is 11.4. The van der Waals surface area contributed by atoms with Gasteiger partial charge in [0.15, 0.2) is 11.5 Å². The lowest BCUT2D eigenvalue weighted by Gasteiger charge is -2.45. The Morgan fingerprint density at radius 3 is 2.25 bits per heavy atom. The van der Waals surface area contributed by atoms with Gasteiger partial charge in [-0.25, -0.2) is 9.59 Å². The zero-order chi connectivity index (χ0) is 32.3. The van der Waals surface area contributed by atoms with E-state index in [0.717, 1.165) is 62.6 Å². The Balaban J connectivity index is 0.000000566. The number of amides is 2. The molecule has 2 saturated carbocycles. The fraction of sp³-hybridized carbons (Fsp3) is 0.533. The van der Waals surface area contributed by atoms with Gasteiger partial charge in [-0.1, -0.05) is 12.1 Å². The number of fused-ring (bicyclic) bond motifs is 1. The van der Waals surface area contributed by atoms with Gasteiger partial charge in [-0.3, -0.25) is 4.90 Å². The number of nitrogens with zero attached hydrogens (tertiary/aromatic N) is 1. The summed E-state index contributed by atoms with van der Waals surface area (Å²) in [6, 6.07) is 10.6. The Morgan fingerprint density at radius 1 is 0.977 bits per heavy atom. The zero-order valence-electron chi connectivity index (χ0n) is 24.2. The van der Waals surface area contributed by atoms with Gasteiger partial charge in [0.2, 0.25) is 0 Å². The molecule has 1 saturated heterocycles. The number of hydrogen-bond acceptors (Lipinski definition) is 5. The second-order valence-electron chi connectivity index (χ2n) is 11.4. The Morgan fingerprint density at radius 2 is 1.66 bits per heavy atom. The molecule has 0 aromatic heterocycles. The maximum absolute atomic E-state index is 13.1. The number of aliphatic carboxylic acids is 1. The molecule has 14 heteroatoms. The minimum atomic E-state index is -5.08. The lowest BCUT2D eigenvalue weighted by Crippen LogP contribution is -2.53. The van der Waals surface area contributed by atoms with Crippen molar-refractivity contribution in [3.63, 3.8) is 0 Å². The highest BCUT2D eigenvalue weighted by Gasteiger charge is 2.52. The van der Waals surface area contributed by atoms with Crippen LogP contribution in [-0.4, -0.2) is 67.6 Å². The van der Waals surface area contributed by atoms with Crippen molar-refractivity contribution in [2.45, 2.75) is 68.4 Å². The molecule has 1 aliphatic heterocycles. The molecule has 2 amide bonds. The number of carbonyl (C=O) groups excluding carboxylic acids is 1. The molecule has 0 radical (unpaired) electrons. The van der Waals surface area contributed by atoms with Crippen molar-refractivity contribution in [3.05, 3.63) is 53.6 Å². The van der Waals surface area contributed by atoms with Crippen LogP contribution in [0.1, 0.15) is 49.7 Å². The number of rotatable bonds is 7. The number of carbonyl (C=O) groups is 2. The summed E-state index contributed by atoms with van der Waals surface area (Å²) < 4.78 is 81.9. The van der Waals surface area contributed by atoms with Gasteiger partial charge in [0.1, 0.15) is 0 Å². The number of carboxylic acid groups (broad SMARTS) is 1. The molecular formula is C30H35F6N3O5. The first-order valence-corrected chi connectivity index (χ1v) is 14.2. The van der Waals surface area contributed by atoms with Gasteiger partial charge in [-0.15, -0.1) is 0 Å². The largest absolute Gasteiger partial charge is 0.493 e. The van der Waals surface area contributed by atoms with Gasteiger partial charge in [-0.05, 0) is 86.9 Å². The molecule has 3 atom stereocenters. The molecular weight excluding hydrogens is 596 g/mol. The maximum Gasteiger partial charge on any atom is 0.490 e. The molecule has 44 heavy (non-hydrogen) atoms. The summed E-state index contributed by atoms with van der Waals surface area (Å²) in [5.74, 6) is -0.589. The minimum Gasteiger partial charge on any atom is -0.493 e. The molecule has 3 N–H and O–H groups in total. The van der Waals surface area contributed by atoms with Crippen LogP contribution in [0.25, 0.3) is 0 Å². The van der Waals surface area contributed by atoms with Crippen LogP contribution in [0.2, 0.25) is 0 Å². The van der Waals surface area contributed by atoms with E-state index in [-0.39, 0.29) is 23.2 Å². The molecule has 242 valence electrons. The third kappa shape index (κ3) is 7.88. The summed E-state index contributed by atoms with van der Waals surface area (Å²) in [7, 11) is 3.28. The van der Waals surface area contributed by atoms with Crippen molar-refractivity contribution >= 4 is 17.7 Å². The lowest BCUT2D eigenvalue weighted by atomic mass is 9.65. The Labute approximate surface area is 250 Å². The number of hydrogen-bond donors (Lipinski definition) is 3. The standard InChI is InChI=1S/C28H34F3N3O3.C2HF3O2/c1-36-23-9-8-19(15-24(23)37-2)27-11-10-22(16-25(27)34(13-12-27)17-18-6-7-18)33-26(35)32-21-5-3-4-20(14-21)28(29,30)31;3-2(4,5)1(6)7/h3-5,8-9,14-15,18,22,25H,6-7,10-13,16-17H2,1-2H3,(H2,32,33,35);(H,6,7). The van der Waals surface area contributed by atoms with Crippen LogP contribution in [-0.2, 0) is 16.4 Å². The number of nitrogens with one attached hydrogen (secondary N) is 2. The summed E-state index contributed by atoms with van der Waals surface area (Å²) >= 11 is 0. The van der Waals surface area contributed by atoms with Crippen molar-refractivity contribution < 1.29 is 50.5 Å². The van der Waals surface area contributed by atoms with E-state index in [1.807, 2.05) is 6.07 Å². The first-order chi connectivity index (χ1) is 20.7. The molecule has 5 rings (SSSR count). The van der Waals surface area contributed by atoms with Gasteiger partial charge < -0.3 is 25.2 Å². The van der Waals surface area contributed by atoms with Gasteiger partial charge in [0.05, 0.1) is 19.8 Å². The van der Waals surface area contributed by atoms with E-state index in [2.05, 4.69) is 27.7 Å². The van der Waals surface area contributed by atoms with Crippen molar-refractivity contribution in [2.75, 3.05) is 32.6 Å². The fourth-order valence-corrected chi connectivity index (χ4v) is 6.23. The molecule has 0 spiro atoms. The number of benzene rings is 2. The quantitative estimate of drug-likeness (QED) is 0.304. The number of urea groups is 1. The van der Waals surface area contributed by atoms with Gasteiger partial charge in [0, 0.05) is 29.7 Å². The number of halogens is 6. The van der Waals surface area contributed by atoms with Crippen LogP contribution >= 0.6 is 0 Å². The van der Waals surface area contributed by atoms with Crippen LogP contribution in [0.4, 0.5) is 36.8 Å². The number of ether oxygens (including phenoxy) is 2. The summed E-state index contributed by atoms with van der Waals surface area (Å²) in [6.45, 7) is 2.08. The van der Waals surface area contributed by atoms with E-state index in [1.165, 1.54) is 30.5 Å². The maximum atomic E-state index is 13.1. The number of likely N-dealkylation sites (tertiary alicyclic amines) is 1. The molecule has 2 aromatic rings. The molecule has 3 aliphatic rings. The van der Waals surface area contributed by atoms with Crippen molar-refractivity contribution in [3.8, 4) is 11.5 Å². The number of methoxy groups -OCH3 is 2. The van der Waals surface area contributed by atoms with Crippen molar-refractivity contribution in [1.29, 1.82) is 0 Å². The molecule has 1 heterocycles. The first kappa shape index (κ1) is 33.2. The Bertz CT molecular complexity index is 1330. The van der Waals surface area contributed by atoms with E-state index in [1.54, 1.807) is 14.2 Å². The normalized spacial score (nSPS) is 23.5. The van der Waals surface area contributed by atoms with Crippen LogP contribution in [0, 0.1) is 5.92 Å².